The number of thiophene rings is 1. The van der Waals surface area contributed by atoms with Crippen molar-refractivity contribution in [3.05, 3.63) is 0 Å². The van der Waals surface area contributed by atoms with Gasteiger partial charge in [-0.2, -0.15) is 0 Å². The van der Waals surface area contributed by atoms with E-state index in [0.717, 1.165) is 13.2 Å². The van der Waals surface area contributed by atoms with E-state index in [2.05, 4.69) is 54.8 Å². The van der Waals surface area contributed by atoms with E-state index in [1.54, 1.807) is 5.79 Å². The number of hydrogen-bond donors (Lipinski definition) is 0. The van der Waals surface area contributed by atoms with Crippen LogP contribution in [0, 0.1) is 5.41 Å². The van der Waals surface area contributed by atoms with Crippen LogP contribution in [-0.4, -0.2) is 50.0 Å². The summed E-state index contributed by atoms with van der Waals surface area (Å²) in [7, 11) is 0. The summed E-state index contributed by atoms with van der Waals surface area (Å²) in [5.41, 5.74) is 0.202. The molecular weight excluding hydrogens is 602 g/mol. The Morgan fingerprint density at radius 3 is 1.40 bits per heavy atom. The van der Waals surface area contributed by atoms with Crippen LogP contribution < -0.4 is 15.3 Å². The second kappa shape index (κ2) is 11.9. The summed E-state index contributed by atoms with van der Waals surface area (Å²) in [6.07, 6.45) is 13.2. The summed E-state index contributed by atoms with van der Waals surface area (Å²) in [5.74, 6) is 2.38. The normalized spacial score (nSPS) is 16.5. The van der Waals surface area contributed by atoms with Gasteiger partial charge in [-0.05, 0) is 0 Å². The Morgan fingerprint density at radius 1 is 0.667 bits per heavy atom. The molecule has 174 valence electrons. The van der Waals surface area contributed by atoms with E-state index in [9.17, 15) is 0 Å². The SMILES string of the molecule is CCCCCCC1(CCCCCC)COc2[c]([Sn]([CH3])([CH3])[CH3])s[c]([Sn]([CH3])([CH3])[CH3])c2OC1. The molecule has 0 saturated carbocycles. The van der Waals surface area contributed by atoms with Gasteiger partial charge in [0, 0.05) is 0 Å². The van der Waals surface area contributed by atoms with E-state index in [4.69, 9.17) is 9.47 Å². The minimum atomic E-state index is -2.27. The monoisotopic (exact) mass is 652 g/mol. The topological polar surface area (TPSA) is 18.5 Å². The van der Waals surface area contributed by atoms with Crippen LogP contribution in [0.4, 0.5) is 0 Å². The standard InChI is InChI=1S/C19H30O2S.6CH3.2Sn/c1-3-5-7-9-11-19(12-10-8-6-4-2)15-20-17-13-22-14-18(17)21-16-19;;;;;;;;/h3-12,15-16H2,1-2H3;6*1H3;;. The van der Waals surface area contributed by atoms with Gasteiger partial charge in [-0.3, -0.25) is 0 Å². The van der Waals surface area contributed by atoms with Gasteiger partial charge in [-0.25, -0.2) is 0 Å². The third-order valence-corrected chi connectivity index (χ3v) is 26.2. The van der Waals surface area contributed by atoms with Crippen molar-refractivity contribution in [1.82, 2.24) is 0 Å². The molecule has 0 spiro atoms. The Morgan fingerprint density at radius 2 is 1.07 bits per heavy atom. The molecule has 0 fully saturated rings. The summed E-state index contributed by atoms with van der Waals surface area (Å²) in [4.78, 5) is 15.2. The third-order valence-electron chi connectivity index (χ3n) is 6.35. The van der Waals surface area contributed by atoms with E-state index in [0.29, 0.717) is 0 Å². The van der Waals surface area contributed by atoms with Crippen LogP contribution in [0.15, 0.2) is 0 Å². The molecule has 1 aromatic heterocycles. The molecule has 5 heteroatoms. The first-order valence-electron chi connectivity index (χ1n) is 12.5. The average molecular weight is 650 g/mol. The van der Waals surface area contributed by atoms with Gasteiger partial charge in [0.25, 0.3) is 0 Å². The molecular formula is C25H48O2SSn2. The van der Waals surface area contributed by atoms with Crippen molar-refractivity contribution in [2.45, 2.75) is 108 Å². The zero-order valence-electron chi connectivity index (χ0n) is 21.2. The van der Waals surface area contributed by atoms with Gasteiger partial charge in [-0.1, -0.05) is 0 Å². The fourth-order valence-corrected chi connectivity index (χ4v) is 20.1. The molecule has 0 amide bonds. The van der Waals surface area contributed by atoms with E-state index >= 15 is 0 Å². The molecule has 0 bridgehead atoms. The molecule has 0 radical (unpaired) electrons. The molecule has 0 saturated heterocycles. The van der Waals surface area contributed by atoms with Crippen molar-refractivity contribution in [2.75, 3.05) is 13.2 Å². The molecule has 0 unspecified atom stereocenters. The van der Waals surface area contributed by atoms with Crippen molar-refractivity contribution in [3.8, 4) is 11.5 Å². The van der Waals surface area contributed by atoms with Gasteiger partial charge < -0.3 is 0 Å². The van der Waals surface area contributed by atoms with Crippen molar-refractivity contribution >= 4 is 53.9 Å². The molecule has 1 aliphatic rings. The van der Waals surface area contributed by atoms with E-state index < -0.39 is 36.8 Å². The zero-order chi connectivity index (χ0) is 22.4. The van der Waals surface area contributed by atoms with Crippen LogP contribution in [-0.2, 0) is 0 Å². The number of ether oxygens (including phenoxy) is 2. The van der Waals surface area contributed by atoms with E-state index in [1.807, 2.05) is 0 Å². The molecule has 2 rings (SSSR count). The van der Waals surface area contributed by atoms with Crippen LogP contribution in [0.3, 0.4) is 0 Å². The van der Waals surface area contributed by atoms with Crippen LogP contribution in [0.1, 0.15) is 78.1 Å². The summed E-state index contributed by atoms with van der Waals surface area (Å²) in [5, 5.41) is 0. The van der Waals surface area contributed by atoms with Crippen LogP contribution in [0.2, 0.25) is 29.6 Å². The maximum absolute atomic E-state index is 6.78. The Hall–Kier alpha value is 0.897. The molecule has 0 atom stereocenters. The first-order chi connectivity index (χ1) is 14.0. The zero-order valence-corrected chi connectivity index (χ0v) is 27.7. The molecule has 0 aromatic carbocycles. The molecule has 1 aromatic rings. The van der Waals surface area contributed by atoms with Crippen molar-refractivity contribution in [3.63, 3.8) is 0 Å². The van der Waals surface area contributed by atoms with Gasteiger partial charge in [0.15, 0.2) is 0 Å². The summed E-state index contributed by atoms with van der Waals surface area (Å²) in [6, 6.07) is 0. The molecule has 2 heterocycles. The summed E-state index contributed by atoms with van der Waals surface area (Å²) in [6.45, 7) is 6.33. The number of hydrogen-bond acceptors (Lipinski definition) is 3. The Kier molecular flexibility index (Phi) is 10.7. The fraction of sp³-hybridized carbons (Fsp3) is 0.840. The Balaban J connectivity index is 2.28. The van der Waals surface area contributed by atoms with Gasteiger partial charge in [0.2, 0.25) is 0 Å². The molecule has 2 nitrogen and oxygen atoms in total. The molecule has 1 aliphatic heterocycles. The van der Waals surface area contributed by atoms with Crippen molar-refractivity contribution in [2.24, 2.45) is 5.41 Å². The van der Waals surface area contributed by atoms with Crippen LogP contribution >= 0.6 is 11.3 Å². The summed E-state index contributed by atoms with van der Waals surface area (Å²) >= 11 is -2.45. The Labute approximate surface area is 199 Å². The van der Waals surface area contributed by atoms with Gasteiger partial charge in [0.05, 0.1) is 0 Å². The van der Waals surface area contributed by atoms with E-state index in [-0.39, 0.29) is 5.41 Å². The van der Waals surface area contributed by atoms with Gasteiger partial charge in [-0.15, -0.1) is 0 Å². The van der Waals surface area contributed by atoms with Crippen LogP contribution in [0.25, 0.3) is 0 Å². The van der Waals surface area contributed by atoms with Crippen molar-refractivity contribution < 1.29 is 9.47 Å². The maximum atomic E-state index is 6.78. The predicted molar refractivity (Wildman–Crippen MR) is 141 cm³/mol. The molecule has 30 heavy (non-hydrogen) atoms. The fourth-order valence-electron chi connectivity index (χ4n) is 4.41. The number of rotatable bonds is 12. The first kappa shape index (κ1) is 27.1. The van der Waals surface area contributed by atoms with Gasteiger partial charge in [0.1, 0.15) is 0 Å². The molecule has 0 N–H and O–H groups in total. The predicted octanol–water partition coefficient (Wildman–Crippen LogP) is 7.54. The van der Waals surface area contributed by atoms with E-state index in [1.165, 1.54) is 75.7 Å². The van der Waals surface area contributed by atoms with Crippen molar-refractivity contribution in [1.29, 1.82) is 0 Å². The quantitative estimate of drug-likeness (QED) is 0.172. The minimum absolute atomic E-state index is 0.202. The number of fused-ring (bicyclic) bond motifs is 1. The number of unbranched alkanes of at least 4 members (excludes halogenated alkanes) is 6. The molecule has 0 aliphatic carbocycles. The average Bonchev–Trinajstić information content (AvgIpc) is 2.96. The first-order valence-corrected chi connectivity index (χ1v) is 33.3. The summed E-state index contributed by atoms with van der Waals surface area (Å²) < 4.78 is 16.8. The second-order valence-corrected chi connectivity index (χ2v) is 43.2. The Bertz CT molecular complexity index is 601. The second-order valence-electron chi connectivity index (χ2n) is 11.6. The van der Waals surface area contributed by atoms with Gasteiger partial charge >= 0.3 is 201 Å². The third kappa shape index (κ3) is 7.46. The van der Waals surface area contributed by atoms with Crippen LogP contribution in [0.5, 0.6) is 11.5 Å².